The number of carboxylic acid groups (broad SMARTS) is 3. The third kappa shape index (κ3) is 11.3. The quantitative estimate of drug-likeness (QED) is 0.102. The fourth-order valence-corrected chi connectivity index (χ4v) is 3.12. The van der Waals surface area contributed by atoms with Crippen molar-refractivity contribution in [2.45, 2.75) is 56.3 Å². The Morgan fingerprint density at radius 3 is 1.76 bits per heavy atom. The van der Waals surface area contributed by atoms with Gasteiger partial charge in [-0.2, -0.15) is 0 Å². The predicted molar refractivity (Wildman–Crippen MR) is 126 cm³/mol. The zero-order valence-electron chi connectivity index (χ0n) is 20.0. The largest absolute Gasteiger partial charge is 0.508 e. The highest BCUT2D eigenvalue weighted by Crippen LogP contribution is 2.12. The molecule has 1 rings (SSSR count). The molecule has 16 heteroatoms. The number of nitrogens with one attached hydrogen (secondary N) is 3. The lowest BCUT2D eigenvalue weighted by atomic mass is 10.0. The molecule has 0 radical (unpaired) electrons. The highest BCUT2D eigenvalue weighted by molar-refractivity contribution is 5.95. The minimum Gasteiger partial charge on any atom is -0.508 e. The summed E-state index contributed by atoms with van der Waals surface area (Å²) in [6, 6.07) is -0.975. The number of carboxylic acids is 3. The van der Waals surface area contributed by atoms with Gasteiger partial charge in [0.25, 0.3) is 0 Å². The number of carbonyl (C=O) groups is 7. The topological polar surface area (TPSA) is 289 Å². The Kier molecular flexibility index (Phi) is 12.1. The molecular formula is C22H29N5O11. The highest BCUT2D eigenvalue weighted by Gasteiger charge is 2.31. The van der Waals surface area contributed by atoms with Gasteiger partial charge in [0.2, 0.25) is 23.6 Å². The average Bonchev–Trinajstić information content (AvgIpc) is 2.80. The van der Waals surface area contributed by atoms with E-state index in [2.05, 4.69) is 10.6 Å². The first-order valence-electron chi connectivity index (χ1n) is 11.1. The first-order valence-corrected chi connectivity index (χ1v) is 11.1. The van der Waals surface area contributed by atoms with Crippen LogP contribution in [0.4, 0.5) is 0 Å². The van der Waals surface area contributed by atoms with E-state index >= 15 is 0 Å². The minimum absolute atomic E-state index is 0.102. The first kappa shape index (κ1) is 31.3. The molecule has 11 N–H and O–H groups in total. The Balaban J connectivity index is 3.20. The van der Waals surface area contributed by atoms with Gasteiger partial charge in [0.05, 0.1) is 18.9 Å². The monoisotopic (exact) mass is 539 g/mol. The number of primary amides is 1. The number of hydrogen-bond donors (Lipinski definition) is 9. The van der Waals surface area contributed by atoms with Gasteiger partial charge in [0.1, 0.15) is 23.9 Å². The zero-order valence-corrected chi connectivity index (χ0v) is 20.0. The van der Waals surface area contributed by atoms with Crippen molar-refractivity contribution in [1.29, 1.82) is 0 Å². The molecule has 4 atom stereocenters. The Labute approximate surface area is 215 Å². The Hall–Kier alpha value is -4.73. The Bertz CT molecular complexity index is 1060. The number of phenols is 1. The second kappa shape index (κ2) is 14.7. The van der Waals surface area contributed by atoms with Crippen molar-refractivity contribution in [3.05, 3.63) is 29.8 Å². The van der Waals surface area contributed by atoms with Crippen LogP contribution >= 0.6 is 0 Å². The van der Waals surface area contributed by atoms with E-state index in [9.17, 15) is 43.8 Å². The van der Waals surface area contributed by atoms with E-state index in [1.54, 1.807) is 0 Å². The molecule has 0 bridgehead atoms. The van der Waals surface area contributed by atoms with Crippen molar-refractivity contribution >= 4 is 41.5 Å². The second-order valence-electron chi connectivity index (χ2n) is 8.20. The van der Waals surface area contributed by atoms with Crippen molar-refractivity contribution in [2.75, 3.05) is 0 Å². The third-order valence-corrected chi connectivity index (χ3v) is 5.04. The molecule has 4 amide bonds. The lowest BCUT2D eigenvalue weighted by molar-refractivity contribution is -0.147. The summed E-state index contributed by atoms with van der Waals surface area (Å²) < 4.78 is 0. The Morgan fingerprint density at radius 1 is 0.737 bits per heavy atom. The number of benzene rings is 1. The summed E-state index contributed by atoms with van der Waals surface area (Å²) in [5.74, 6) is -8.61. The predicted octanol–water partition coefficient (Wildman–Crippen LogP) is -2.98. The van der Waals surface area contributed by atoms with Gasteiger partial charge < -0.3 is 47.8 Å². The normalized spacial score (nSPS) is 13.7. The average molecular weight is 539 g/mol. The van der Waals surface area contributed by atoms with Crippen molar-refractivity contribution in [1.82, 2.24) is 16.0 Å². The van der Waals surface area contributed by atoms with Crippen LogP contribution in [0, 0.1) is 0 Å². The van der Waals surface area contributed by atoms with E-state index < -0.39 is 91.4 Å². The molecule has 0 heterocycles. The van der Waals surface area contributed by atoms with Crippen LogP contribution in [0.25, 0.3) is 0 Å². The lowest BCUT2D eigenvalue weighted by Crippen LogP contribution is -2.58. The van der Waals surface area contributed by atoms with Gasteiger partial charge in [-0.3, -0.25) is 28.8 Å². The number of nitrogens with two attached hydrogens (primary N) is 2. The number of aliphatic carboxylic acids is 3. The van der Waals surface area contributed by atoms with Crippen LogP contribution in [0.15, 0.2) is 24.3 Å². The lowest BCUT2D eigenvalue weighted by Gasteiger charge is -2.25. The number of phenolic OH excluding ortho intramolecular Hbond substituents is 1. The maximum Gasteiger partial charge on any atom is 0.326 e. The van der Waals surface area contributed by atoms with Gasteiger partial charge >= 0.3 is 17.9 Å². The van der Waals surface area contributed by atoms with Crippen LogP contribution in [0.3, 0.4) is 0 Å². The molecule has 0 aliphatic carbocycles. The molecule has 16 nitrogen and oxygen atoms in total. The van der Waals surface area contributed by atoms with Crippen molar-refractivity contribution in [2.24, 2.45) is 11.5 Å². The molecule has 208 valence electrons. The minimum atomic E-state index is -1.84. The number of amides is 4. The van der Waals surface area contributed by atoms with E-state index in [-0.39, 0.29) is 12.2 Å². The summed E-state index contributed by atoms with van der Waals surface area (Å²) >= 11 is 0. The molecule has 0 fully saturated rings. The van der Waals surface area contributed by atoms with Crippen LogP contribution in [-0.2, 0) is 40.0 Å². The molecule has 0 spiro atoms. The van der Waals surface area contributed by atoms with Gasteiger partial charge in [-0.05, 0) is 24.1 Å². The van der Waals surface area contributed by atoms with Crippen LogP contribution in [0.1, 0.15) is 31.2 Å². The SMILES string of the molecule is NC(=O)CC(N)C(=O)NC(CCC(=O)O)C(=O)NC(Cc1ccc(O)cc1)C(=O)NC(CC(=O)O)C(=O)O. The molecule has 4 unspecified atom stereocenters. The molecule has 0 aliphatic rings. The number of carbonyl (C=O) groups excluding carboxylic acids is 4. The maximum atomic E-state index is 13.0. The third-order valence-electron chi connectivity index (χ3n) is 5.04. The number of aromatic hydroxyl groups is 1. The van der Waals surface area contributed by atoms with Gasteiger partial charge in [-0.25, -0.2) is 4.79 Å². The van der Waals surface area contributed by atoms with Crippen molar-refractivity contribution in [3.8, 4) is 5.75 Å². The molecule has 0 aliphatic heterocycles. The summed E-state index contributed by atoms with van der Waals surface area (Å²) in [6.45, 7) is 0. The van der Waals surface area contributed by atoms with Crippen molar-refractivity contribution < 1.29 is 54.0 Å². The fourth-order valence-electron chi connectivity index (χ4n) is 3.12. The summed E-state index contributed by atoms with van der Waals surface area (Å²) in [5.41, 5.74) is 11.0. The molecule has 1 aromatic rings. The zero-order chi connectivity index (χ0) is 29.0. The number of rotatable bonds is 16. The molecule has 0 saturated heterocycles. The van der Waals surface area contributed by atoms with E-state index in [1.807, 2.05) is 5.32 Å². The fraction of sp³-hybridized carbons (Fsp3) is 0.409. The highest BCUT2D eigenvalue weighted by atomic mass is 16.4. The molecular weight excluding hydrogens is 510 g/mol. The molecule has 0 aromatic heterocycles. The van der Waals surface area contributed by atoms with E-state index in [0.717, 1.165) is 0 Å². The van der Waals surface area contributed by atoms with Crippen LogP contribution in [0.2, 0.25) is 0 Å². The van der Waals surface area contributed by atoms with E-state index in [1.165, 1.54) is 24.3 Å². The van der Waals surface area contributed by atoms with E-state index in [0.29, 0.717) is 5.56 Å². The number of hydrogen-bond acceptors (Lipinski definition) is 9. The van der Waals surface area contributed by atoms with Gasteiger partial charge in [-0.15, -0.1) is 0 Å². The molecule has 38 heavy (non-hydrogen) atoms. The van der Waals surface area contributed by atoms with Crippen molar-refractivity contribution in [3.63, 3.8) is 0 Å². The smallest absolute Gasteiger partial charge is 0.326 e. The van der Waals surface area contributed by atoms with E-state index in [4.69, 9.17) is 21.7 Å². The maximum absolute atomic E-state index is 13.0. The van der Waals surface area contributed by atoms with Crippen LogP contribution < -0.4 is 27.4 Å². The molecule has 0 saturated carbocycles. The Morgan fingerprint density at radius 2 is 1.26 bits per heavy atom. The summed E-state index contributed by atoms with van der Waals surface area (Å²) in [4.78, 5) is 82.7. The summed E-state index contributed by atoms with van der Waals surface area (Å²) in [5, 5.41) is 43.1. The standard InChI is InChI=1S/C22H29N5O11/c23-12(8-16(24)29)19(34)25-13(5-6-17(30)31)20(35)26-14(7-10-1-3-11(28)4-2-10)21(36)27-15(22(37)38)9-18(32)33/h1-4,12-15,28H,5-9,23H2,(H2,24,29)(H,25,34)(H,26,35)(H,27,36)(H,30,31)(H,32,33)(H,37,38). The summed E-state index contributed by atoms with van der Waals surface area (Å²) in [6.07, 6.45) is -2.82. The van der Waals surface area contributed by atoms with Gasteiger partial charge in [0, 0.05) is 12.8 Å². The summed E-state index contributed by atoms with van der Waals surface area (Å²) in [7, 11) is 0. The molecule has 1 aromatic carbocycles. The van der Waals surface area contributed by atoms with Crippen LogP contribution in [0.5, 0.6) is 5.75 Å². The van der Waals surface area contributed by atoms with Crippen LogP contribution in [-0.4, -0.2) is 86.1 Å². The first-order chi connectivity index (χ1) is 17.7. The second-order valence-corrected chi connectivity index (χ2v) is 8.20. The van der Waals surface area contributed by atoms with Gasteiger partial charge in [-0.1, -0.05) is 12.1 Å². The van der Waals surface area contributed by atoms with Gasteiger partial charge in [0.15, 0.2) is 0 Å².